The number of rotatable bonds is 5. The molecule has 0 radical (unpaired) electrons. The first kappa shape index (κ1) is 19.4. The highest BCUT2D eigenvalue weighted by atomic mass is 32.1. The van der Waals surface area contributed by atoms with Gasteiger partial charge in [-0.2, -0.15) is 0 Å². The second-order valence-electron chi connectivity index (χ2n) is 7.76. The molecule has 0 aliphatic carbocycles. The molecule has 2 aliphatic heterocycles. The second kappa shape index (κ2) is 8.67. The van der Waals surface area contributed by atoms with E-state index in [1.54, 1.807) is 11.3 Å². The van der Waals surface area contributed by atoms with Gasteiger partial charge in [0.1, 0.15) is 16.5 Å². The van der Waals surface area contributed by atoms with E-state index < -0.39 is 0 Å². The first-order chi connectivity index (χ1) is 14.8. The fourth-order valence-electron chi connectivity index (χ4n) is 4.00. The van der Waals surface area contributed by atoms with Gasteiger partial charge in [-0.05, 0) is 12.0 Å². The molecule has 2 aliphatic rings. The first-order valence-corrected chi connectivity index (χ1v) is 11.3. The lowest BCUT2D eigenvalue weighted by molar-refractivity contribution is -0.122. The molecule has 4 heterocycles. The smallest absolute Gasteiger partial charge is 0.220 e. The molecular formula is C22H25N5O2S. The molecule has 2 N–H and O–H groups in total. The molecule has 2 fully saturated rings. The van der Waals surface area contributed by atoms with E-state index >= 15 is 0 Å². The number of anilines is 1. The van der Waals surface area contributed by atoms with Crippen molar-refractivity contribution >= 4 is 33.3 Å². The molecule has 1 amide bonds. The van der Waals surface area contributed by atoms with E-state index in [1.807, 2.05) is 6.07 Å². The van der Waals surface area contributed by atoms with Crippen LogP contribution in [-0.2, 0) is 16.1 Å². The maximum atomic E-state index is 11.6. The van der Waals surface area contributed by atoms with Crippen molar-refractivity contribution in [1.82, 2.24) is 20.2 Å². The maximum absolute atomic E-state index is 11.6. The minimum Gasteiger partial charge on any atom is -0.379 e. The van der Waals surface area contributed by atoms with Gasteiger partial charge >= 0.3 is 0 Å². The number of carbonyl (C=O) groups excluding carboxylic acids is 1. The van der Waals surface area contributed by atoms with E-state index in [4.69, 9.17) is 14.7 Å². The van der Waals surface area contributed by atoms with Crippen LogP contribution in [0.15, 0.2) is 35.7 Å². The number of carbonyl (C=O) groups is 1. The largest absolute Gasteiger partial charge is 0.379 e. The van der Waals surface area contributed by atoms with Gasteiger partial charge in [-0.3, -0.25) is 9.69 Å². The number of amides is 1. The Bertz CT molecular complexity index is 1020. The number of fused-ring (bicyclic) bond motifs is 1. The van der Waals surface area contributed by atoms with Crippen molar-refractivity contribution < 1.29 is 9.53 Å². The van der Waals surface area contributed by atoms with Crippen molar-refractivity contribution in [2.24, 2.45) is 0 Å². The van der Waals surface area contributed by atoms with Crippen LogP contribution in [0, 0.1) is 0 Å². The van der Waals surface area contributed by atoms with Gasteiger partial charge in [-0.25, -0.2) is 9.97 Å². The van der Waals surface area contributed by atoms with Gasteiger partial charge in [0.05, 0.1) is 25.1 Å². The predicted octanol–water partition coefficient (Wildman–Crippen LogP) is 2.88. The summed E-state index contributed by atoms with van der Waals surface area (Å²) in [6, 6.07) is 10.5. The zero-order valence-corrected chi connectivity index (χ0v) is 17.6. The standard InChI is InChI=1S/C22H25N5O2S/c28-19-7-6-16(12-23-19)24-21-20-17(15-4-2-1-3-5-15)14-30-22(20)26-18(25-21)13-27-8-10-29-11-9-27/h1-5,14,16H,6-13H2,(H,23,28)(H,24,25,26). The molecule has 3 aromatic rings. The normalized spacial score (nSPS) is 20.3. The molecule has 1 unspecified atom stereocenters. The number of hydrogen-bond acceptors (Lipinski definition) is 7. The van der Waals surface area contributed by atoms with Gasteiger partial charge in [0.15, 0.2) is 0 Å². The summed E-state index contributed by atoms with van der Waals surface area (Å²) in [6.45, 7) is 4.65. The molecule has 156 valence electrons. The monoisotopic (exact) mass is 423 g/mol. The highest BCUT2D eigenvalue weighted by Crippen LogP contribution is 2.37. The number of morpholine rings is 1. The highest BCUT2D eigenvalue weighted by Gasteiger charge is 2.22. The SMILES string of the molecule is O=C1CCC(Nc2nc(CN3CCOCC3)nc3scc(-c4ccccc4)c23)CN1. The second-order valence-corrected chi connectivity index (χ2v) is 8.61. The van der Waals surface area contributed by atoms with Crippen LogP contribution in [-0.4, -0.2) is 59.7 Å². The zero-order valence-electron chi connectivity index (χ0n) is 16.8. The predicted molar refractivity (Wildman–Crippen MR) is 119 cm³/mol. The van der Waals surface area contributed by atoms with Crippen molar-refractivity contribution in [1.29, 1.82) is 0 Å². The van der Waals surface area contributed by atoms with Gasteiger partial charge in [-0.15, -0.1) is 11.3 Å². The number of aromatic nitrogens is 2. The lowest BCUT2D eigenvalue weighted by Crippen LogP contribution is -2.42. The van der Waals surface area contributed by atoms with E-state index in [-0.39, 0.29) is 11.9 Å². The fraction of sp³-hybridized carbons (Fsp3) is 0.409. The van der Waals surface area contributed by atoms with Crippen molar-refractivity contribution in [3.63, 3.8) is 0 Å². The number of thiophene rings is 1. The molecule has 0 bridgehead atoms. The molecule has 1 atom stereocenters. The molecule has 30 heavy (non-hydrogen) atoms. The van der Waals surface area contributed by atoms with E-state index in [1.165, 1.54) is 0 Å². The molecule has 8 heteroatoms. The Hall–Kier alpha value is -2.55. The Morgan fingerprint density at radius 2 is 2.03 bits per heavy atom. The van der Waals surface area contributed by atoms with Crippen LogP contribution in [0.25, 0.3) is 21.3 Å². The molecule has 7 nitrogen and oxygen atoms in total. The Balaban J connectivity index is 1.51. The zero-order chi connectivity index (χ0) is 20.3. The summed E-state index contributed by atoms with van der Waals surface area (Å²) < 4.78 is 5.47. The Labute approximate surface area is 179 Å². The Kier molecular flexibility index (Phi) is 5.61. The van der Waals surface area contributed by atoms with Crippen LogP contribution < -0.4 is 10.6 Å². The summed E-state index contributed by atoms with van der Waals surface area (Å²) in [7, 11) is 0. The molecular weight excluding hydrogens is 398 g/mol. The highest BCUT2D eigenvalue weighted by molar-refractivity contribution is 7.17. The van der Waals surface area contributed by atoms with Crippen LogP contribution in [0.3, 0.4) is 0 Å². The van der Waals surface area contributed by atoms with Crippen LogP contribution in [0.5, 0.6) is 0 Å². The Morgan fingerprint density at radius 3 is 2.80 bits per heavy atom. The summed E-state index contributed by atoms with van der Waals surface area (Å²) in [6.07, 6.45) is 1.35. The van der Waals surface area contributed by atoms with E-state index in [9.17, 15) is 4.79 Å². The van der Waals surface area contributed by atoms with Crippen molar-refractivity contribution in [2.75, 3.05) is 38.2 Å². The van der Waals surface area contributed by atoms with Crippen molar-refractivity contribution in [3.8, 4) is 11.1 Å². The average molecular weight is 424 g/mol. The molecule has 0 spiro atoms. The number of benzene rings is 1. The van der Waals surface area contributed by atoms with Crippen molar-refractivity contribution in [3.05, 3.63) is 41.5 Å². The average Bonchev–Trinajstić information content (AvgIpc) is 3.21. The number of nitrogens with zero attached hydrogens (tertiary/aromatic N) is 3. The van der Waals surface area contributed by atoms with Crippen LogP contribution in [0.2, 0.25) is 0 Å². The van der Waals surface area contributed by atoms with Gasteiger partial charge in [0.2, 0.25) is 5.91 Å². The number of piperidine rings is 1. The third kappa shape index (κ3) is 4.16. The number of nitrogens with one attached hydrogen (secondary N) is 2. The van der Waals surface area contributed by atoms with Crippen LogP contribution in [0.1, 0.15) is 18.7 Å². The van der Waals surface area contributed by atoms with Crippen LogP contribution >= 0.6 is 11.3 Å². The molecule has 2 saturated heterocycles. The lowest BCUT2D eigenvalue weighted by atomic mass is 10.0. The summed E-state index contributed by atoms with van der Waals surface area (Å²) >= 11 is 1.66. The van der Waals surface area contributed by atoms with E-state index in [0.717, 1.165) is 65.7 Å². The number of ether oxygens (including phenoxy) is 1. The molecule has 5 rings (SSSR count). The Morgan fingerprint density at radius 1 is 1.20 bits per heavy atom. The quantitative estimate of drug-likeness (QED) is 0.657. The summed E-state index contributed by atoms with van der Waals surface area (Å²) in [4.78, 5) is 24.7. The molecule has 1 aromatic carbocycles. The molecule has 2 aromatic heterocycles. The van der Waals surface area contributed by atoms with E-state index in [0.29, 0.717) is 19.5 Å². The molecule has 0 saturated carbocycles. The topological polar surface area (TPSA) is 79.4 Å². The van der Waals surface area contributed by atoms with Crippen LogP contribution in [0.4, 0.5) is 5.82 Å². The summed E-state index contributed by atoms with van der Waals surface area (Å²) in [5.41, 5.74) is 2.31. The minimum atomic E-state index is 0.120. The van der Waals surface area contributed by atoms with Gasteiger partial charge < -0.3 is 15.4 Å². The summed E-state index contributed by atoms with van der Waals surface area (Å²) in [5, 5.41) is 9.80. The minimum absolute atomic E-state index is 0.120. The lowest BCUT2D eigenvalue weighted by Gasteiger charge is -2.27. The third-order valence-corrected chi connectivity index (χ3v) is 6.51. The first-order valence-electron chi connectivity index (χ1n) is 10.4. The van der Waals surface area contributed by atoms with E-state index in [2.05, 4.69) is 45.2 Å². The van der Waals surface area contributed by atoms with Gasteiger partial charge in [0, 0.05) is 43.0 Å². The van der Waals surface area contributed by atoms with Crippen molar-refractivity contribution in [2.45, 2.75) is 25.4 Å². The maximum Gasteiger partial charge on any atom is 0.220 e. The fourth-order valence-corrected chi connectivity index (χ4v) is 4.97. The van der Waals surface area contributed by atoms with Gasteiger partial charge in [-0.1, -0.05) is 30.3 Å². The third-order valence-electron chi connectivity index (χ3n) is 5.64. The van der Waals surface area contributed by atoms with Gasteiger partial charge in [0.25, 0.3) is 0 Å². The number of hydrogen-bond donors (Lipinski definition) is 2. The summed E-state index contributed by atoms with van der Waals surface area (Å²) in [5.74, 6) is 1.81.